The average Bonchev–Trinajstić information content (AvgIpc) is 2.49. The third-order valence-corrected chi connectivity index (χ3v) is 1.84. The molecule has 1 heterocycles. The highest BCUT2D eigenvalue weighted by Crippen LogP contribution is 2.04. The van der Waals surface area contributed by atoms with Gasteiger partial charge < -0.3 is 0 Å². The van der Waals surface area contributed by atoms with E-state index in [2.05, 4.69) is 5.43 Å². The number of nitrogens with one attached hydrogen (secondary N) is 1. The number of carbonyl (C=O) groups excluding carboxylic acids is 2. The van der Waals surface area contributed by atoms with Crippen molar-refractivity contribution in [3.05, 3.63) is 11.6 Å². The quantitative estimate of drug-likeness (QED) is 0.569. The summed E-state index contributed by atoms with van der Waals surface area (Å²) >= 11 is 0. The van der Waals surface area contributed by atoms with Crippen LogP contribution in [0.15, 0.2) is 11.6 Å². The van der Waals surface area contributed by atoms with Crippen LogP contribution in [0.1, 0.15) is 20.3 Å². The maximum absolute atomic E-state index is 11.4. The number of allylic oxidation sites excluding steroid dienone is 1. The molecular weight excluding hydrogens is 156 g/mol. The van der Waals surface area contributed by atoms with E-state index in [1.807, 2.05) is 0 Å². The van der Waals surface area contributed by atoms with Gasteiger partial charge in [0.2, 0.25) is 5.91 Å². The summed E-state index contributed by atoms with van der Waals surface area (Å²) in [5, 5.41) is 1.34. The topological polar surface area (TPSA) is 49.4 Å². The van der Waals surface area contributed by atoms with Crippen LogP contribution in [0.3, 0.4) is 0 Å². The van der Waals surface area contributed by atoms with Gasteiger partial charge in [0, 0.05) is 12.0 Å². The van der Waals surface area contributed by atoms with Gasteiger partial charge >= 0.3 is 0 Å². The van der Waals surface area contributed by atoms with Crippen LogP contribution in [-0.4, -0.2) is 23.4 Å². The van der Waals surface area contributed by atoms with Crippen molar-refractivity contribution < 1.29 is 9.59 Å². The Bertz CT molecular complexity index is 245. The predicted octanol–water partition coefficient (Wildman–Crippen LogP) is 0.216. The lowest BCUT2D eigenvalue weighted by atomic mass is 10.2. The lowest BCUT2D eigenvalue weighted by Crippen LogP contribution is -2.38. The highest BCUT2D eigenvalue weighted by Gasteiger charge is 2.23. The monoisotopic (exact) mass is 168 g/mol. The first-order valence-electron chi connectivity index (χ1n) is 3.89. The molecule has 1 aliphatic heterocycles. The molecule has 1 saturated heterocycles. The van der Waals surface area contributed by atoms with Crippen molar-refractivity contribution in [1.82, 2.24) is 10.4 Å². The van der Waals surface area contributed by atoms with E-state index in [1.165, 1.54) is 5.01 Å². The first-order valence-corrected chi connectivity index (χ1v) is 3.89. The van der Waals surface area contributed by atoms with E-state index in [4.69, 9.17) is 0 Å². The zero-order valence-corrected chi connectivity index (χ0v) is 7.26. The van der Waals surface area contributed by atoms with E-state index in [-0.39, 0.29) is 11.8 Å². The lowest BCUT2D eigenvalue weighted by molar-refractivity contribution is -0.132. The third kappa shape index (κ3) is 1.64. The molecule has 1 rings (SSSR count). The molecule has 0 saturated carbocycles. The molecule has 0 spiro atoms. The highest BCUT2D eigenvalue weighted by molar-refractivity contribution is 5.95. The highest BCUT2D eigenvalue weighted by atomic mass is 16.2. The molecule has 4 nitrogen and oxygen atoms in total. The number of amides is 2. The van der Waals surface area contributed by atoms with E-state index in [1.54, 1.807) is 19.9 Å². The van der Waals surface area contributed by atoms with E-state index in [9.17, 15) is 9.59 Å². The molecule has 4 heteroatoms. The second kappa shape index (κ2) is 3.38. The minimum Gasteiger partial charge on any atom is -0.273 e. The molecule has 0 atom stereocenters. The molecule has 0 aromatic heterocycles. The molecular formula is C8H12N2O2. The van der Waals surface area contributed by atoms with E-state index >= 15 is 0 Å². The molecule has 0 radical (unpaired) electrons. The van der Waals surface area contributed by atoms with Gasteiger partial charge in [-0.1, -0.05) is 6.08 Å². The first-order chi connectivity index (χ1) is 5.65. The van der Waals surface area contributed by atoms with Crippen LogP contribution in [0.5, 0.6) is 0 Å². The SMILES string of the molecule is CC=C(C)C(=O)N1CCC(=O)N1. The number of nitrogens with zero attached hydrogens (tertiary/aromatic N) is 1. The zero-order valence-electron chi connectivity index (χ0n) is 7.26. The largest absolute Gasteiger partial charge is 0.273 e. The summed E-state index contributed by atoms with van der Waals surface area (Å²) in [6, 6.07) is 0. The number of hydrazine groups is 1. The Morgan fingerprint density at radius 1 is 1.67 bits per heavy atom. The average molecular weight is 168 g/mol. The Morgan fingerprint density at radius 3 is 2.75 bits per heavy atom. The van der Waals surface area contributed by atoms with E-state index < -0.39 is 0 Å². The number of carbonyl (C=O) groups is 2. The van der Waals surface area contributed by atoms with Gasteiger partial charge in [-0.3, -0.25) is 15.0 Å². The number of hydrogen-bond donors (Lipinski definition) is 1. The van der Waals surface area contributed by atoms with Crippen LogP contribution in [0.2, 0.25) is 0 Å². The third-order valence-electron chi connectivity index (χ3n) is 1.84. The summed E-state index contributed by atoms with van der Waals surface area (Å²) in [5.74, 6) is -0.212. The second-order valence-corrected chi connectivity index (χ2v) is 2.71. The van der Waals surface area contributed by atoms with Crippen LogP contribution < -0.4 is 5.43 Å². The van der Waals surface area contributed by atoms with Gasteiger partial charge in [-0.25, -0.2) is 5.01 Å². The minimum atomic E-state index is -0.122. The van der Waals surface area contributed by atoms with Crippen molar-refractivity contribution in [2.75, 3.05) is 6.54 Å². The summed E-state index contributed by atoms with van der Waals surface area (Å²) < 4.78 is 0. The fourth-order valence-corrected chi connectivity index (χ4v) is 0.964. The summed E-state index contributed by atoms with van der Waals surface area (Å²) in [5.41, 5.74) is 3.12. The minimum absolute atomic E-state index is 0.0905. The fourth-order valence-electron chi connectivity index (χ4n) is 0.964. The number of hydrogen-bond acceptors (Lipinski definition) is 2. The first kappa shape index (κ1) is 8.77. The van der Waals surface area contributed by atoms with Crippen LogP contribution in [-0.2, 0) is 9.59 Å². The van der Waals surface area contributed by atoms with Crippen LogP contribution in [0.4, 0.5) is 0 Å². The summed E-state index contributed by atoms with van der Waals surface area (Å²) in [6.07, 6.45) is 2.13. The molecule has 0 unspecified atom stereocenters. The van der Waals surface area contributed by atoms with Gasteiger partial charge in [0.1, 0.15) is 0 Å². The Hall–Kier alpha value is -1.32. The predicted molar refractivity (Wildman–Crippen MR) is 43.9 cm³/mol. The standard InChI is InChI=1S/C8H12N2O2/c1-3-6(2)8(12)10-5-4-7(11)9-10/h3H,4-5H2,1-2H3,(H,9,11). The van der Waals surface area contributed by atoms with Crippen LogP contribution in [0.25, 0.3) is 0 Å². The van der Waals surface area contributed by atoms with Crippen LogP contribution >= 0.6 is 0 Å². The maximum Gasteiger partial charge on any atom is 0.267 e. The van der Waals surface area contributed by atoms with Crippen LogP contribution in [0, 0.1) is 0 Å². The van der Waals surface area contributed by atoms with Crippen molar-refractivity contribution >= 4 is 11.8 Å². The Kier molecular flexibility index (Phi) is 2.47. The summed E-state index contributed by atoms with van der Waals surface area (Å²) in [4.78, 5) is 22.1. The molecule has 0 aromatic carbocycles. The molecule has 1 fully saturated rings. The molecule has 66 valence electrons. The van der Waals surface area contributed by atoms with Gasteiger partial charge in [0.15, 0.2) is 0 Å². The number of rotatable bonds is 1. The van der Waals surface area contributed by atoms with Gasteiger partial charge in [0.25, 0.3) is 5.91 Å². The molecule has 0 aromatic rings. The van der Waals surface area contributed by atoms with Crippen molar-refractivity contribution in [3.63, 3.8) is 0 Å². The maximum atomic E-state index is 11.4. The molecule has 1 aliphatic rings. The van der Waals surface area contributed by atoms with E-state index in [0.29, 0.717) is 18.5 Å². The Balaban J connectivity index is 2.60. The molecule has 1 N–H and O–H groups in total. The zero-order chi connectivity index (χ0) is 9.14. The summed E-state index contributed by atoms with van der Waals surface area (Å²) in [6.45, 7) is 4.00. The molecule has 12 heavy (non-hydrogen) atoms. The van der Waals surface area contributed by atoms with Crippen molar-refractivity contribution in [2.45, 2.75) is 20.3 Å². The Labute approximate surface area is 71.2 Å². The van der Waals surface area contributed by atoms with Gasteiger partial charge in [-0.2, -0.15) is 0 Å². The lowest BCUT2D eigenvalue weighted by Gasteiger charge is -2.14. The van der Waals surface area contributed by atoms with Gasteiger partial charge in [-0.15, -0.1) is 0 Å². The van der Waals surface area contributed by atoms with Gasteiger partial charge in [-0.05, 0) is 13.8 Å². The van der Waals surface area contributed by atoms with Crippen molar-refractivity contribution in [2.24, 2.45) is 0 Å². The molecule has 0 aliphatic carbocycles. The molecule has 2 amide bonds. The fraction of sp³-hybridized carbons (Fsp3) is 0.500. The molecule has 0 bridgehead atoms. The smallest absolute Gasteiger partial charge is 0.267 e. The Morgan fingerprint density at radius 2 is 2.33 bits per heavy atom. The van der Waals surface area contributed by atoms with Gasteiger partial charge in [0.05, 0.1) is 6.54 Å². The van der Waals surface area contributed by atoms with Crippen molar-refractivity contribution in [3.8, 4) is 0 Å². The van der Waals surface area contributed by atoms with E-state index in [0.717, 1.165) is 0 Å². The summed E-state index contributed by atoms with van der Waals surface area (Å²) in [7, 11) is 0. The van der Waals surface area contributed by atoms with Crippen molar-refractivity contribution in [1.29, 1.82) is 0 Å². The normalized spacial score (nSPS) is 18.0. The second-order valence-electron chi connectivity index (χ2n) is 2.71.